The molecule has 0 fully saturated rings. The van der Waals surface area contributed by atoms with Crippen LogP contribution < -0.4 is 0 Å². The highest BCUT2D eigenvalue weighted by molar-refractivity contribution is 6.21. The molecule has 1 aromatic carbocycles. The average molecular weight is 222 g/mol. The van der Waals surface area contributed by atoms with Gasteiger partial charge in [-0.05, 0) is 5.56 Å². The Hall–Kier alpha value is -1.03. The van der Waals surface area contributed by atoms with E-state index in [1.54, 1.807) is 30.3 Å². The van der Waals surface area contributed by atoms with E-state index in [-0.39, 0.29) is 0 Å². The third-order valence-electron chi connectivity index (χ3n) is 1.42. The normalized spacial score (nSPS) is 14.6. The van der Waals surface area contributed by atoms with E-state index < -0.39 is 11.7 Å². The molecule has 0 heterocycles. The van der Waals surface area contributed by atoms with Crippen molar-refractivity contribution in [1.29, 1.82) is 0 Å². The highest BCUT2D eigenvalue weighted by atomic mass is 35.5. The van der Waals surface area contributed by atoms with E-state index in [1.165, 1.54) is 0 Å². The highest BCUT2D eigenvalue weighted by Gasteiger charge is 2.37. The van der Waals surface area contributed by atoms with E-state index in [9.17, 15) is 13.2 Å². The van der Waals surface area contributed by atoms with Crippen LogP contribution in [0.2, 0.25) is 0 Å². The lowest BCUT2D eigenvalue weighted by Crippen LogP contribution is -2.21. The summed E-state index contributed by atoms with van der Waals surface area (Å²) in [6.07, 6.45) is -3.39. The summed E-state index contributed by atoms with van der Waals surface area (Å²) >= 11 is 4.98. The smallest absolute Gasteiger partial charge is 0.264 e. The Morgan fingerprint density at radius 1 is 1.21 bits per heavy atom. The number of halogens is 4. The molecule has 0 bridgehead atoms. The van der Waals surface area contributed by atoms with Crippen LogP contribution in [0, 0.1) is 0 Å². The number of alkyl halides is 4. The molecule has 14 heavy (non-hydrogen) atoms. The number of hydrogen-bond acceptors (Lipinski definition) is 1. The Labute approximate surface area is 84.2 Å². The van der Waals surface area contributed by atoms with Gasteiger partial charge in [0.2, 0.25) is 5.50 Å². The molecular formula is C9H7ClF3N. The molecule has 0 aromatic heterocycles. The first-order valence-electron chi connectivity index (χ1n) is 3.79. The molecule has 0 saturated carbocycles. The van der Waals surface area contributed by atoms with Gasteiger partial charge >= 0.3 is 6.18 Å². The second kappa shape index (κ2) is 4.46. The lowest BCUT2D eigenvalue weighted by Gasteiger charge is -2.07. The van der Waals surface area contributed by atoms with Crippen LogP contribution in [0.1, 0.15) is 5.56 Å². The number of benzene rings is 1. The standard InChI is InChI=1S/C9H7ClF3N/c10-8(9(11,12)13)14-6-7-4-2-1-3-5-7/h1-6,8H/b14-6+. The molecule has 1 rings (SSSR count). The minimum atomic E-state index is -4.49. The molecule has 0 aliphatic rings. The summed E-state index contributed by atoms with van der Waals surface area (Å²) in [4.78, 5) is 3.18. The summed E-state index contributed by atoms with van der Waals surface area (Å²) in [6, 6.07) is 8.46. The zero-order chi connectivity index (χ0) is 10.6. The lowest BCUT2D eigenvalue weighted by atomic mass is 10.2. The quantitative estimate of drug-likeness (QED) is 0.413. The van der Waals surface area contributed by atoms with Gasteiger partial charge in [0.25, 0.3) is 0 Å². The lowest BCUT2D eigenvalue weighted by molar-refractivity contribution is -0.128. The molecule has 5 heteroatoms. The summed E-state index contributed by atoms with van der Waals surface area (Å²) in [5.41, 5.74) is -1.59. The fourth-order valence-corrected chi connectivity index (χ4v) is 0.831. The minimum absolute atomic E-state index is 0.586. The molecule has 76 valence electrons. The molecule has 0 aliphatic heterocycles. The second-order valence-electron chi connectivity index (χ2n) is 2.57. The summed E-state index contributed by atoms with van der Waals surface area (Å²) in [5, 5.41) is 0. The van der Waals surface area contributed by atoms with Crippen molar-refractivity contribution in [3.05, 3.63) is 35.9 Å². The molecule has 1 atom stereocenters. The van der Waals surface area contributed by atoms with Gasteiger partial charge in [-0.3, -0.25) is 4.99 Å². The minimum Gasteiger partial charge on any atom is -0.264 e. The molecule has 0 N–H and O–H groups in total. The topological polar surface area (TPSA) is 12.4 Å². The van der Waals surface area contributed by atoms with E-state index in [2.05, 4.69) is 4.99 Å². The maximum Gasteiger partial charge on any atom is 0.424 e. The Bertz CT molecular complexity index is 308. The Morgan fingerprint density at radius 3 is 2.29 bits per heavy atom. The Balaban J connectivity index is 2.66. The van der Waals surface area contributed by atoms with Crippen LogP contribution in [0.15, 0.2) is 35.3 Å². The average Bonchev–Trinajstić information content (AvgIpc) is 2.14. The van der Waals surface area contributed by atoms with Crippen LogP contribution in [0.3, 0.4) is 0 Å². The Morgan fingerprint density at radius 2 is 1.79 bits per heavy atom. The molecule has 1 unspecified atom stereocenters. The van der Waals surface area contributed by atoms with Crippen molar-refractivity contribution in [2.75, 3.05) is 0 Å². The summed E-state index contributed by atoms with van der Waals surface area (Å²) in [7, 11) is 0. The van der Waals surface area contributed by atoms with Crippen molar-refractivity contribution >= 4 is 17.8 Å². The highest BCUT2D eigenvalue weighted by Crippen LogP contribution is 2.25. The number of hydrogen-bond donors (Lipinski definition) is 0. The van der Waals surface area contributed by atoms with Crippen molar-refractivity contribution in [3.8, 4) is 0 Å². The summed E-state index contributed by atoms with van der Waals surface area (Å²) in [6.45, 7) is 0. The first kappa shape index (κ1) is 11.0. The molecule has 0 spiro atoms. The second-order valence-corrected chi connectivity index (χ2v) is 2.98. The molecular weight excluding hydrogens is 215 g/mol. The van der Waals surface area contributed by atoms with Gasteiger partial charge in [-0.15, -0.1) is 0 Å². The van der Waals surface area contributed by atoms with Crippen LogP contribution in [-0.4, -0.2) is 17.9 Å². The summed E-state index contributed by atoms with van der Waals surface area (Å²) < 4.78 is 35.7. The van der Waals surface area contributed by atoms with Gasteiger partial charge in [-0.25, -0.2) is 0 Å². The molecule has 0 radical (unpaired) electrons. The maximum absolute atomic E-state index is 11.9. The number of rotatable bonds is 2. The molecule has 0 amide bonds. The van der Waals surface area contributed by atoms with Crippen LogP contribution in [0.25, 0.3) is 0 Å². The van der Waals surface area contributed by atoms with Crippen molar-refractivity contribution in [2.24, 2.45) is 4.99 Å². The van der Waals surface area contributed by atoms with Crippen LogP contribution in [-0.2, 0) is 0 Å². The van der Waals surface area contributed by atoms with E-state index >= 15 is 0 Å². The molecule has 0 saturated heterocycles. The van der Waals surface area contributed by atoms with Crippen molar-refractivity contribution in [1.82, 2.24) is 0 Å². The van der Waals surface area contributed by atoms with Gasteiger partial charge < -0.3 is 0 Å². The Kier molecular flexibility index (Phi) is 3.52. The van der Waals surface area contributed by atoms with Crippen LogP contribution in [0.4, 0.5) is 13.2 Å². The van der Waals surface area contributed by atoms with Crippen molar-refractivity contribution in [3.63, 3.8) is 0 Å². The molecule has 1 aromatic rings. The summed E-state index contributed by atoms with van der Waals surface area (Å²) in [5.74, 6) is 0. The third kappa shape index (κ3) is 3.38. The van der Waals surface area contributed by atoms with Gasteiger partial charge in [0.15, 0.2) is 0 Å². The van der Waals surface area contributed by atoms with E-state index in [0.29, 0.717) is 5.56 Å². The van der Waals surface area contributed by atoms with Gasteiger partial charge in [0.05, 0.1) is 0 Å². The largest absolute Gasteiger partial charge is 0.424 e. The van der Waals surface area contributed by atoms with Crippen molar-refractivity contribution in [2.45, 2.75) is 11.7 Å². The zero-order valence-corrected chi connectivity index (χ0v) is 7.76. The first-order chi connectivity index (χ1) is 6.50. The van der Waals surface area contributed by atoms with Gasteiger partial charge in [0.1, 0.15) is 0 Å². The van der Waals surface area contributed by atoms with Crippen molar-refractivity contribution < 1.29 is 13.2 Å². The van der Waals surface area contributed by atoms with E-state index in [0.717, 1.165) is 6.21 Å². The zero-order valence-electron chi connectivity index (χ0n) is 7.00. The fourth-order valence-electron chi connectivity index (χ4n) is 0.775. The van der Waals surface area contributed by atoms with Gasteiger partial charge in [-0.2, -0.15) is 13.2 Å². The predicted molar refractivity (Wildman–Crippen MR) is 49.7 cm³/mol. The number of aliphatic imine (C=N–C) groups is 1. The maximum atomic E-state index is 11.9. The SMILES string of the molecule is FC(F)(F)C(Cl)/N=C/c1ccccc1. The van der Waals surface area contributed by atoms with E-state index in [1.807, 2.05) is 0 Å². The predicted octanol–water partition coefficient (Wildman–Crippen LogP) is 3.23. The number of nitrogens with zero attached hydrogens (tertiary/aromatic N) is 1. The van der Waals surface area contributed by atoms with Crippen LogP contribution in [0.5, 0.6) is 0 Å². The molecule has 1 nitrogen and oxygen atoms in total. The third-order valence-corrected chi connectivity index (χ3v) is 1.78. The first-order valence-corrected chi connectivity index (χ1v) is 4.23. The van der Waals surface area contributed by atoms with Gasteiger partial charge in [-0.1, -0.05) is 41.9 Å². The molecule has 0 aliphatic carbocycles. The monoisotopic (exact) mass is 221 g/mol. The van der Waals surface area contributed by atoms with E-state index in [4.69, 9.17) is 11.6 Å². The van der Waals surface area contributed by atoms with Crippen LogP contribution >= 0.6 is 11.6 Å². The fraction of sp³-hybridized carbons (Fsp3) is 0.222. The van der Waals surface area contributed by atoms with Gasteiger partial charge in [0, 0.05) is 6.21 Å².